The van der Waals surface area contributed by atoms with Crippen LogP contribution in [-0.2, 0) is 13.1 Å². The number of ether oxygens (including phenoxy) is 2. The summed E-state index contributed by atoms with van der Waals surface area (Å²) in [4.78, 5) is 6.55. The van der Waals surface area contributed by atoms with Crippen molar-refractivity contribution >= 4 is 21.4 Å². The first-order valence-electron chi connectivity index (χ1n) is 10.3. The molecule has 30 heavy (non-hydrogen) atoms. The second kappa shape index (κ2) is 8.46. The van der Waals surface area contributed by atoms with Crippen LogP contribution in [-0.4, -0.2) is 29.6 Å². The highest BCUT2D eigenvalue weighted by molar-refractivity contribution is 7.17. The molecule has 2 aromatic heterocycles. The molecule has 0 bridgehead atoms. The molecular weight excluding hydrogens is 392 g/mol. The number of pyridine rings is 1. The molecule has 0 atom stereocenters. The zero-order valence-electron chi connectivity index (χ0n) is 17.0. The molecule has 0 aliphatic carbocycles. The predicted octanol–water partition coefficient (Wildman–Crippen LogP) is 5.76. The lowest BCUT2D eigenvalue weighted by atomic mass is 10.0. The molecule has 4 aromatic rings. The van der Waals surface area contributed by atoms with E-state index in [2.05, 4.69) is 63.8 Å². The fourth-order valence-electron chi connectivity index (χ4n) is 4.04. The first-order valence-corrected chi connectivity index (χ1v) is 11.2. The SMILES string of the molecule is CCOc1cc(-c2csc3ccccc23)cc2c1OCCN(Cc1ccncc1)C2. The Morgan fingerprint density at radius 3 is 2.87 bits per heavy atom. The Balaban J connectivity index is 1.54. The molecule has 5 heteroatoms. The van der Waals surface area contributed by atoms with Crippen molar-refractivity contribution in [2.24, 2.45) is 0 Å². The minimum absolute atomic E-state index is 0.615. The lowest BCUT2D eigenvalue weighted by molar-refractivity contribution is 0.215. The van der Waals surface area contributed by atoms with Gasteiger partial charge in [-0.15, -0.1) is 11.3 Å². The van der Waals surface area contributed by atoms with Crippen LogP contribution in [0.1, 0.15) is 18.1 Å². The summed E-state index contributed by atoms with van der Waals surface area (Å²) in [5, 5.41) is 3.53. The van der Waals surface area contributed by atoms with Crippen LogP contribution in [0.3, 0.4) is 0 Å². The third-order valence-corrected chi connectivity index (χ3v) is 6.39. The first kappa shape index (κ1) is 19.1. The zero-order chi connectivity index (χ0) is 20.3. The number of nitrogens with zero attached hydrogens (tertiary/aromatic N) is 2. The van der Waals surface area contributed by atoms with Crippen LogP contribution in [0.4, 0.5) is 0 Å². The Kier molecular flexibility index (Phi) is 5.39. The Hall–Kier alpha value is -2.89. The molecule has 2 aromatic carbocycles. The van der Waals surface area contributed by atoms with Crippen LogP contribution < -0.4 is 9.47 Å². The Morgan fingerprint density at radius 1 is 1.13 bits per heavy atom. The fraction of sp³-hybridized carbons (Fsp3) is 0.240. The van der Waals surface area contributed by atoms with Crippen LogP contribution >= 0.6 is 11.3 Å². The van der Waals surface area contributed by atoms with Gasteiger partial charge in [0.15, 0.2) is 11.5 Å². The molecule has 3 heterocycles. The van der Waals surface area contributed by atoms with Crippen molar-refractivity contribution in [2.45, 2.75) is 20.0 Å². The normalized spacial score (nSPS) is 14.2. The molecule has 0 spiro atoms. The average molecular weight is 417 g/mol. The third kappa shape index (κ3) is 3.78. The Bertz CT molecular complexity index is 1160. The van der Waals surface area contributed by atoms with Crippen LogP contribution in [0.2, 0.25) is 0 Å². The molecule has 0 N–H and O–H groups in total. The van der Waals surface area contributed by atoms with Gasteiger partial charge in [-0.2, -0.15) is 0 Å². The van der Waals surface area contributed by atoms with Gasteiger partial charge in [0.05, 0.1) is 6.61 Å². The van der Waals surface area contributed by atoms with E-state index in [1.165, 1.54) is 32.3 Å². The number of thiophene rings is 1. The molecule has 152 valence electrons. The summed E-state index contributed by atoms with van der Waals surface area (Å²) in [6, 6.07) is 17.1. The van der Waals surface area contributed by atoms with Gasteiger partial charge in [-0.25, -0.2) is 0 Å². The summed E-state index contributed by atoms with van der Waals surface area (Å²) >= 11 is 1.78. The molecule has 1 aliphatic heterocycles. The lowest BCUT2D eigenvalue weighted by Crippen LogP contribution is -2.25. The standard InChI is InChI=1S/C25H24N2O2S/c1-2-28-23-14-19(22-17-30-24-6-4-3-5-21(22)24)13-20-16-27(11-12-29-25(20)23)15-18-7-9-26-10-8-18/h3-10,13-14,17H,2,11-12,15-16H2,1H3. The van der Waals surface area contributed by atoms with E-state index in [-0.39, 0.29) is 0 Å². The van der Waals surface area contributed by atoms with E-state index in [0.29, 0.717) is 13.2 Å². The highest BCUT2D eigenvalue weighted by atomic mass is 32.1. The molecule has 0 fully saturated rings. The highest BCUT2D eigenvalue weighted by Gasteiger charge is 2.21. The van der Waals surface area contributed by atoms with Crippen molar-refractivity contribution in [1.82, 2.24) is 9.88 Å². The first-order chi connectivity index (χ1) is 14.8. The van der Waals surface area contributed by atoms with E-state index in [4.69, 9.17) is 9.47 Å². The van der Waals surface area contributed by atoms with E-state index in [9.17, 15) is 0 Å². The summed E-state index contributed by atoms with van der Waals surface area (Å²) in [6.45, 7) is 5.86. The van der Waals surface area contributed by atoms with Crippen molar-refractivity contribution in [1.29, 1.82) is 0 Å². The minimum atomic E-state index is 0.615. The maximum absolute atomic E-state index is 6.18. The number of hydrogen-bond donors (Lipinski definition) is 0. The smallest absolute Gasteiger partial charge is 0.165 e. The van der Waals surface area contributed by atoms with Crippen molar-refractivity contribution in [2.75, 3.05) is 19.8 Å². The second-order valence-corrected chi connectivity index (χ2v) is 8.37. The Labute approximate surface area is 180 Å². The number of rotatable bonds is 5. The number of benzene rings is 2. The van der Waals surface area contributed by atoms with E-state index in [0.717, 1.165) is 31.1 Å². The summed E-state index contributed by atoms with van der Waals surface area (Å²) < 4.78 is 13.5. The van der Waals surface area contributed by atoms with E-state index in [1.54, 1.807) is 11.3 Å². The van der Waals surface area contributed by atoms with Crippen molar-refractivity contribution < 1.29 is 9.47 Å². The maximum atomic E-state index is 6.18. The fourth-order valence-corrected chi connectivity index (χ4v) is 5.01. The van der Waals surface area contributed by atoms with Crippen LogP contribution in [0.15, 0.2) is 66.3 Å². The molecule has 0 unspecified atom stereocenters. The predicted molar refractivity (Wildman–Crippen MR) is 122 cm³/mol. The summed E-state index contributed by atoms with van der Waals surface area (Å²) in [5.74, 6) is 1.73. The van der Waals surface area contributed by atoms with E-state index in [1.807, 2.05) is 19.3 Å². The van der Waals surface area contributed by atoms with Gasteiger partial charge in [0.25, 0.3) is 0 Å². The molecule has 4 nitrogen and oxygen atoms in total. The Morgan fingerprint density at radius 2 is 2.00 bits per heavy atom. The summed E-state index contributed by atoms with van der Waals surface area (Å²) in [7, 11) is 0. The zero-order valence-corrected chi connectivity index (χ0v) is 17.8. The van der Waals surface area contributed by atoms with Gasteiger partial charge >= 0.3 is 0 Å². The lowest BCUT2D eigenvalue weighted by Gasteiger charge is -2.20. The van der Waals surface area contributed by atoms with E-state index >= 15 is 0 Å². The largest absolute Gasteiger partial charge is 0.490 e. The van der Waals surface area contributed by atoms with Gasteiger partial charge in [-0.05, 0) is 53.8 Å². The summed E-state index contributed by atoms with van der Waals surface area (Å²) in [6.07, 6.45) is 3.70. The van der Waals surface area contributed by atoms with Gasteiger partial charge in [-0.3, -0.25) is 9.88 Å². The highest BCUT2D eigenvalue weighted by Crippen LogP contribution is 2.41. The van der Waals surface area contributed by atoms with Gasteiger partial charge in [-0.1, -0.05) is 18.2 Å². The molecule has 0 saturated heterocycles. The second-order valence-electron chi connectivity index (χ2n) is 7.46. The van der Waals surface area contributed by atoms with Crippen LogP contribution in [0.25, 0.3) is 21.2 Å². The van der Waals surface area contributed by atoms with Gasteiger partial charge < -0.3 is 9.47 Å². The van der Waals surface area contributed by atoms with Crippen LogP contribution in [0, 0.1) is 0 Å². The molecule has 0 saturated carbocycles. The maximum Gasteiger partial charge on any atom is 0.165 e. The van der Waals surface area contributed by atoms with Gasteiger partial charge in [0.1, 0.15) is 6.61 Å². The van der Waals surface area contributed by atoms with E-state index < -0.39 is 0 Å². The molecule has 1 aliphatic rings. The average Bonchev–Trinajstić information content (AvgIpc) is 3.09. The molecular formula is C25H24N2O2S. The third-order valence-electron chi connectivity index (χ3n) is 5.43. The number of fused-ring (bicyclic) bond motifs is 2. The molecule has 5 rings (SSSR count). The van der Waals surface area contributed by atoms with Crippen molar-refractivity contribution in [3.05, 3.63) is 77.4 Å². The minimum Gasteiger partial charge on any atom is -0.490 e. The van der Waals surface area contributed by atoms with Gasteiger partial charge in [0, 0.05) is 53.2 Å². The quantitative estimate of drug-likeness (QED) is 0.414. The van der Waals surface area contributed by atoms with Gasteiger partial charge in [0.2, 0.25) is 0 Å². The molecule has 0 amide bonds. The van der Waals surface area contributed by atoms with Crippen LogP contribution in [0.5, 0.6) is 11.5 Å². The number of hydrogen-bond acceptors (Lipinski definition) is 5. The molecule has 0 radical (unpaired) electrons. The monoisotopic (exact) mass is 416 g/mol. The van der Waals surface area contributed by atoms with Crippen molar-refractivity contribution in [3.8, 4) is 22.6 Å². The number of aromatic nitrogens is 1. The van der Waals surface area contributed by atoms with Crippen molar-refractivity contribution in [3.63, 3.8) is 0 Å². The summed E-state index contributed by atoms with van der Waals surface area (Å²) in [5.41, 5.74) is 4.88. The topological polar surface area (TPSA) is 34.6 Å².